The minimum Gasteiger partial charge on any atom is -0.469 e. The molecule has 0 unspecified atom stereocenters. The third kappa shape index (κ3) is 5.03. The number of rotatable bonds is 7. The first-order valence-electron chi connectivity index (χ1n) is 6.76. The third-order valence-electron chi connectivity index (χ3n) is 3.17. The number of hydrogen-bond acceptors (Lipinski definition) is 4. The molecule has 0 aromatic carbocycles. The van der Waals surface area contributed by atoms with Crippen LogP contribution in [0.25, 0.3) is 0 Å². The van der Waals surface area contributed by atoms with Gasteiger partial charge in [-0.15, -0.1) is 0 Å². The number of aromatic nitrogens is 2. The molecule has 1 heterocycles. The summed E-state index contributed by atoms with van der Waals surface area (Å²) in [6, 6.07) is 1.99. The molecule has 0 atom stereocenters. The van der Waals surface area contributed by atoms with Crippen LogP contribution >= 0.6 is 0 Å². The van der Waals surface area contributed by atoms with Crippen molar-refractivity contribution in [2.24, 2.45) is 0 Å². The van der Waals surface area contributed by atoms with Crippen molar-refractivity contribution >= 4 is 11.9 Å². The van der Waals surface area contributed by atoms with Gasteiger partial charge in [-0.2, -0.15) is 5.10 Å². The molecule has 6 nitrogen and oxygen atoms in total. The second-order valence-electron chi connectivity index (χ2n) is 4.90. The van der Waals surface area contributed by atoms with Crippen LogP contribution in [0.2, 0.25) is 0 Å². The summed E-state index contributed by atoms with van der Waals surface area (Å²) in [6.45, 7) is 5.06. The van der Waals surface area contributed by atoms with Crippen molar-refractivity contribution in [3.8, 4) is 0 Å². The molecule has 1 amide bonds. The average molecular weight is 281 g/mol. The lowest BCUT2D eigenvalue weighted by Crippen LogP contribution is -2.29. The molecule has 1 aromatic rings. The molecule has 0 saturated carbocycles. The van der Waals surface area contributed by atoms with E-state index in [9.17, 15) is 9.59 Å². The monoisotopic (exact) mass is 281 g/mol. The second kappa shape index (κ2) is 7.67. The van der Waals surface area contributed by atoms with Gasteiger partial charge in [0, 0.05) is 38.7 Å². The number of ether oxygens (including phenoxy) is 1. The molecule has 6 heteroatoms. The normalized spacial score (nSPS) is 10.4. The quantitative estimate of drug-likeness (QED) is 0.707. The van der Waals surface area contributed by atoms with Crippen molar-refractivity contribution in [1.29, 1.82) is 0 Å². The van der Waals surface area contributed by atoms with Gasteiger partial charge in [-0.1, -0.05) is 0 Å². The predicted molar refractivity (Wildman–Crippen MR) is 75.2 cm³/mol. The minimum absolute atomic E-state index is 0.0578. The van der Waals surface area contributed by atoms with Gasteiger partial charge < -0.3 is 9.64 Å². The van der Waals surface area contributed by atoms with Gasteiger partial charge in [-0.05, 0) is 26.3 Å². The fraction of sp³-hybridized carbons (Fsp3) is 0.643. The first-order valence-corrected chi connectivity index (χ1v) is 6.76. The van der Waals surface area contributed by atoms with E-state index in [2.05, 4.69) is 9.84 Å². The zero-order valence-corrected chi connectivity index (χ0v) is 12.7. The Morgan fingerprint density at radius 3 is 2.60 bits per heavy atom. The van der Waals surface area contributed by atoms with E-state index in [1.807, 2.05) is 24.6 Å². The Bertz CT molecular complexity index is 468. The van der Waals surface area contributed by atoms with Gasteiger partial charge in [0.1, 0.15) is 0 Å². The van der Waals surface area contributed by atoms with Gasteiger partial charge in [0.25, 0.3) is 0 Å². The Morgan fingerprint density at radius 1 is 1.35 bits per heavy atom. The summed E-state index contributed by atoms with van der Waals surface area (Å²) in [5.74, 6) is -0.184. The molecule has 1 aromatic heterocycles. The molecule has 0 spiro atoms. The van der Waals surface area contributed by atoms with E-state index in [1.54, 1.807) is 11.9 Å². The van der Waals surface area contributed by atoms with E-state index in [-0.39, 0.29) is 11.9 Å². The number of carbonyl (C=O) groups is 2. The van der Waals surface area contributed by atoms with Crippen molar-refractivity contribution in [3.63, 3.8) is 0 Å². The summed E-state index contributed by atoms with van der Waals surface area (Å²) < 4.78 is 6.40. The van der Waals surface area contributed by atoms with Crippen molar-refractivity contribution in [2.45, 2.75) is 39.7 Å². The highest BCUT2D eigenvalue weighted by Crippen LogP contribution is 2.04. The summed E-state index contributed by atoms with van der Waals surface area (Å²) >= 11 is 0. The summed E-state index contributed by atoms with van der Waals surface area (Å²) in [4.78, 5) is 24.6. The summed E-state index contributed by atoms with van der Waals surface area (Å²) in [7, 11) is 3.12. The number of methoxy groups -OCH3 is 1. The predicted octanol–water partition coefficient (Wildman–Crippen LogP) is 1.30. The Morgan fingerprint density at radius 2 is 2.05 bits per heavy atom. The van der Waals surface area contributed by atoms with Crippen molar-refractivity contribution in [2.75, 3.05) is 20.7 Å². The van der Waals surface area contributed by atoms with Crippen LogP contribution in [0.15, 0.2) is 6.07 Å². The Labute approximate surface area is 119 Å². The van der Waals surface area contributed by atoms with Gasteiger partial charge in [0.15, 0.2) is 0 Å². The molecular formula is C14H23N3O3. The number of carbonyl (C=O) groups excluding carboxylic acids is 2. The second-order valence-corrected chi connectivity index (χ2v) is 4.90. The largest absolute Gasteiger partial charge is 0.469 e. The van der Waals surface area contributed by atoms with E-state index in [0.717, 1.165) is 11.4 Å². The van der Waals surface area contributed by atoms with E-state index < -0.39 is 0 Å². The Kier molecular flexibility index (Phi) is 6.21. The fourth-order valence-corrected chi connectivity index (χ4v) is 1.98. The average Bonchev–Trinajstić information content (AvgIpc) is 2.73. The Balaban J connectivity index is 2.31. The first-order chi connectivity index (χ1) is 9.43. The maximum atomic E-state index is 11.9. The molecular weight excluding hydrogens is 258 g/mol. The van der Waals surface area contributed by atoms with Crippen LogP contribution in [0.3, 0.4) is 0 Å². The molecule has 0 aliphatic carbocycles. The lowest BCUT2D eigenvalue weighted by molar-refractivity contribution is -0.141. The fourth-order valence-electron chi connectivity index (χ4n) is 1.98. The zero-order chi connectivity index (χ0) is 15.1. The number of nitrogens with zero attached hydrogens (tertiary/aromatic N) is 3. The lowest BCUT2D eigenvalue weighted by atomic mass is 10.3. The maximum absolute atomic E-state index is 11.9. The molecule has 0 N–H and O–H groups in total. The van der Waals surface area contributed by atoms with E-state index >= 15 is 0 Å². The van der Waals surface area contributed by atoms with E-state index in [1.165, 1.54) is 7.11 Å². The smallest absolute Gasteiger partial charge is 0.305 e. The SMILES string of the molecule is COC(=O)CCCN(C)C(=O)CCn1nc(C)cc1C. The van der Waals surface area contributed by atoms with Crippen LogP contribution in [0, 0.1) is 13.8 Å². The molecule has 112 valence electrons. The van der Waals surface area contributed by atoms with Gasteiger partial charge in [0.2, 0.25) is 5.91 Å². The summed E-state index contributed by atoms with van der Waals surface area (Å²) in [6.07, 6.45) is 1.37. The number of hydrogen-bond donors (Lipinski definition) is 0. The van der Waals surface area contributed by atoms with E-state index in [0.29, 0.717) is 32.4 Å². The first kappa shape index (κ1) is 16.2. The number of aryl methyl sites for hydroxylation is 3. The molecule has 0 aliphatic heterocycles. The van der Waals surface area contributed by atoms with Crippen LogP contribution in [0.5, 0.6) is 0 Å². The molecule has 1 rings (SSSR count). The zero-order valence-electron chi connectivity index (χ0n) is 12.7. The van der Waals surface area contributed by atoms with Crippen LogP contribution in [0.4, 0.5) is 0 Å². The van der Waals surface area contributed by atoms with Crippen LogP contribution < -0.4 is 0 Å². The van der Waals surface area contributed by atoms with Gasteiger partial charge in [-0.25, -0.2) is 0 Å². The highest BCUT2D eigenvalue weighted by atomic mass is 16.5. The highest BCUT2D eigenvalue weighted by molar-refractivity contribution is 5.75. The van der Waals surface area contributed by atoms with Gasteiger partial charge in [-0.3, -0.25) is 14.3 Å². The van der Waals surface area contributed by atoms with Crippen molar-refractivity contribution in [1.82, 2.24) is 14.7 Å². The van der Waals surface area contributed by atoms with Crippen LogP contribution in [0.1, 0.15) is 30.7 Å². The maximum Gasteiger partial charge on any atom is 0.305 e. The van der Waals surface area contributed by atoms with Crippen molar-refractivity contribution in [3.05, 3.63) is 17.5 Å². The molecule has 0 radical (unpaired) electrons. The topological polar surface area (TPSA) is 64.4 Å². The van der Waals surface area contributed by atoms with Crippen LogP contribution in [-0.4, -0.2) is 47.3 Å². The Hall–Kier alpha value is -1.85. The van der Waals surface area contributed by atoms with E-state index in [4.69, 9.17) is 0 Å². The molecule has 0 aliphatic rings. The van der Waals surface area contributed by atoms with Crippen molar-refractivity contribution < 1.29 is 14.3 Å². The van der Waals surface area contributed by atoms with Gasteiger partial charge >= 0.3 is 5.97 Å². The number of esters is 1. The summed E-state index contributed by atoms with van der Waals surface area (Å²) in [5.41, 5.74) is 2.02. The lowest BCUT2D eigenvalue weighted by Gasteiger charge is -2.17. The molecule has 0 fully saturated rings. The standard InChI is InChI=1S/C14H23N3O3/c1-11-10-12(2)17(15-11)9-7-13(18)16(3)8-5-6-14(19)20-4/h10H,5-9H2,1-4H3. The summed E-state index contributed by atoms with van der Waals surface area (Å²) in [5, 5.41) is 4.32. The molecule has 20 heavy (non-hydrogen) atoms. The minimum atomic E-state index is -0.242. The van der Waals surface area contributed by atoms with Crippen LogP contribution in [-0.2, 0) is 20.9 Å². The number of amides is 1. The molecule has 0 bridgehead atoms. The molecule has 0 saturated heterocycles. The highest BCUT2D eigenvalue weighted by Gasteiger charge is 2.11. The third-order valence-corrected chi connectivity index (χ3v) is 3.17. The van der Waals surface area contributed by atoms with Gasteiger partial charge in [0.05, 0.1) is 12.8 Å².